The van der Waals surface area contributed by atoms with Crippen molar-refractivity contribution in [1.29, 1.82) is 0 Å². The summed E-state index contributed by atoms with van der Waals surface area (Å²) in [4.78, 5) is 0. The van der Waals surface area contributed by atoms with Crippen LogP contribution in [0.5, 0.6) is 5.75 Å². The van der Waals surface area contributed by atoms with Crippen LogP contribution in [0.2, 0.25) is 0 Å². The molecule has 1 radical (unpaired) electrons. The largest absolute Gasteiger partial charge is 0.569 e. The van der Waals surface area contributed by atoms with Crippen LogP contribution in [-0.4, -0.2) is 12.7 Å². The van der Waals surface area contributed by atoms with Crippen molar-refractivity contribution in [3.63, 3.8) is 0 Å². The molecule has 0 saturated heterocycles. The lowest BCUT2D eigenvalue weighted by Gasteiger charge is -2.22. The van der Waals surface area contributed by atoms with Gasteiger partial charge in [0.1, 0.15) is 5.75 Å². The quantitative estimate of drug-likeness (QED) is 0.127. The van der Waals surface area contributed by atoms with Gasteiger partial charge in [0.25, 0.3) is 0 Å². The number of rotatable bonds is 7. The third kappa shape index (κ3) is 10.5. The van der Waals surface area contributed by atoms with Crippen LogP contribution in [0.15, 0.2) is 344 Å². The van der Waals surface area contributed by atoms with Crippen molar-refractivity contribution in [3.8, 4) is 83.6 Å². The average molecular weight is 1370 g/mol. The van der Waals surface area contributed by atoms with E-state index in [1.54, 1.807) is 0 Å². The number of hydrogen-bond acceptors (Lipinski definition) is 2. The molecule has 0 spiro atoms. The van der Waals surface area contributed by atoms with Gasteiger partial charge in [0.15, 0.2) is 0 Å². The fourth-order valence-electron chi connectivity index (χ4n) is 16.9. The van der Waals surface area contributed by atoms with Crippen molar-refractivity contribution in [2.24, 2.45) is 0 Å². The highest BCUT2D eigenvalue weighted by atomic mass is 79.9. The Balaban J connectivity index is 0.000000121. The smallest absolute Gasteiger partial charge is 0.537 e. The first-order valence-corrected chi connectivity index (χ1v) is 36.0. The maximum atomic E-state index is 9.39. The summed E-state index contributed by atoms with van der Waals surface area (Å²) in [5.41, 5.74) is 23.5. The molecule has 0 aromatic heterocycles. The predicted octanol–water partition coefficient (Wildman–Crippen LogP) is 26.9. The van der Waals surface area contributed by atoms with Crippen molar-refractivity contribution in [2.75, 3.05) is 0 Å². The molecule has 0 heterocycles. The van der Waals surface area contributed by atoms with Gasteiger partial charge in [-0.1, -0.05) is 341 Å². The third-order valence-electron chi connectivity index (χ3n) is 21.9. The molecular weight excluding hydrogens is 1300 g/mol. The van der Waals surface area contributed by atoms with Crippen LogP contribution in [0.1, 0.15) is 49.9 Å². The highest BCUT2D eigenvalue weighted by Crippen LogP contribution is 2.54. The van der Waals surface area contributed by atoms with Crippen molar-refractivity contribution in [1.82, 2.24) is 0 Å². The van der Waals surface area contributed by atoms with Gasteiger partial charge in [-0.25, -0.2) is 0 Å². The normalized spacial score (nSPS) is 13.0. The lowest BCUT2D eigenvalue weighted by molar-refractivity contribution is 0.459. The molecule has 18 aromatic rings. The molecule has 0 amide bonds. The van der Waals surface area contributed by atoms with Crippen molar-refractivity contribution in [2.45, 2.75) is 38.5 Å². The van der Waals surface area contributed by atoms with Crippen molar-refractivity contribution < 1.29 is 9.68 Å². The molecule has 0 unspecified atom stereocenters. The predicted molar refractivity (Wildman–Crippen MR) is 438 cm³/mol. The minimum absolute atomic E-state index is 0.0561. The number of fused-ring (bicyclic) bond motifs is 14. The van der Waals surface area contributed by atoms with E-state index in [0.29, 0.717) is 5.75 Å². The molecule has 20 rings (SSSR count). The Morgan fingerprint density at radius 3 is 0.951 bits per heavy atom. The average Bonchev–Trinajstić information content (AvgIpc) is 1.44. The van der Waals surface area contributed by atoms with Gasteiger partial charge in [-0.15, -0.1) is 0 Å². The lowest BCUT2D eigenvalue weighted by atomic mass is 9.81. The first kappa shape index (κ1) is 62.6. The van der Waals surface area contributed by atoms with Gasteiger partial charge in [0.2, 0.25) is 0 Å². The molecule has 0 aliphatic heterocycles. The summed E-state index contributed by atoms with van der Waals surface area (Å²) < 4.78 is 6.72. The molecule has 1 N–H and O–H groups in total. The molecule has 2 aliphatic rings. The minimum atomic E-state index is -0.0561. The van der Waals surface area contributed by atoms with E-state index in [1.807, 2.05) is 36.4 Å². The first-order chi connectivity index (χ1) is 50.0. The Hall–Kier alpha value is -11.7. The fraction of sp³-hybridized carbons (Fsp3) is 0.0612. The van der Waals surface area contributed by atoms with Gasteiger partial charge < -0.3 is 9.68 Å². The number of hydrogen-bond donors (Lipinski definition) is 1. The Kier molecular flexibility index (Phi) is 15.5. The van der Waals surface area contributed by atoms with Gasteiger partial charge >= 0.3 is 7.69 Å². The Bertz CT molecular complexity index is 6280. The molecule has 0 saturated carbocycles. The topological polar surface area (TPSA) is 29.5 Å². The summed E-state index contributed by atoms with van der Waals surface area (Å²) in [5, 5.41) is 28.9. The van der Waals surface area contributed by atoms with Gasteiger partial charge in [0.05, 0.1) is 0 Å². The SMILES string of the molecule is CC1(C)c2ccc(-c3c4ccccc4c(-c4ccc(-c5cccc6ccccc56)cc4)c4ccccc34)cc2-c2cc3ccccc3cc21.CC1(C)c2ccc(Br)cc2-c2cc3ccccc3cc21.O[B]Oc1c2ccccc2c(-c2ccc(-c3cccc4ccccc34)cc2)c2ccccc12. The van der Waals surface area contributed by atoms with Crippen LogP contribution in [0.25, 0.3) is 164 Å². The zero-order chi connectivity index (χ0) is 68.8. The summed E-state index contributed by atoms with van der Waals surface area (Å²) in [6, 6.07) is 123. The summed E-state index contributed by atoms with van der Waals surface area (Å²) in [6.07, 6.45) is 0. The monoisotopic (exact) mass is 1370 g/mol. The van der Waals surface area contributed by atoms with Crippen LogP contribution in [0.3, 0.4) is 0 Å². The lowest BCUT2D eigenvalue weighted by Crippen LogP contribution is -2.14. The molecule has 2 aliphatic carbocycles. The number of benzene rings is 18. The maximum absolute atomic E-state index is 9.39. The summed E-state index contributed by atoms with van der Waals surface area (Å²) in [5.74, 6) is 0.667. The van der Waals surface area contributed by atoms with E-state index in [1.165, 1.54) is 154 Å². The molecule has 0 bridgehead atoms. The van der Waals surface area contributed by atoms with E-state index in [0.717, 1.165) is 44.8 Å². The zero-order valence-electron chi connectivity index (χ0n) is 57.1. The summed E-state index contributed by atoms with van der Waals surface area (Å²) in [6.45, 7) is 9.38. The van der Waals surface area contributed by atoms with Crippen LogP contribution in [0, 0.1) is 0 Å². The molecule has 0 atom stereocenters. The standard InChI is InChI=1S/C49H34.C30H20BO2.C19H15Br/c1-49(2)45-27-26-36(29-43(45)44-28-34-13-3-4-14-35(34)30-46(44)49)48-41-19-9-7-17-39(41)47(40-18-8-10-20-42(40)48)33-24-22-32(23-25-33)38-21-11-15-31-12-5-6-16-37(31)38;32-31-33-30-27-13-5-3-11-25(27)29(26-12-4-6-14-28(26)30)22-18-16-21(17-19-22)24-15-7-9-20-8-1-2-10-23(20)24;1-19(2)17-8-7-14(20)11-16(17)15-9-12-5-3-4-6-13(12)10-18(15)19/h3-30H,1-2H3;1-19,32H;3-11H,1-2H3. The highest BCUT2D eigenvalue weighted by Gasteiger charge is 2.37. The second-order valence-electron chi connectivity index (χ2n) is 28.3. The summed E-state index contributed by atoms with van der Waals surface area (Å²) in [7, 11) is 0.757. The van der Waals surface area contributed by atoms with E-state index >= 15 is 0 Å². The Morgan fingerprint density at radius 2 is 0.539 bits per heavy atom. The molecule has 483 valence electrons. The van der Waals surface area contributed by atoms with Crippen LogP contribution in [-0.2, 0) is 10.8 Å². The Labute approximate surface area is 603 Å². The molecule has 0 fully saturated rings. The first-order valence-electron chi connectivity index (χ1n) is 35.2. The van der Waals surface area contributed by atoms with Crippen molar-refractivity contribution >= 4 is 110 Å². The van der Waals surface area contributed by atoms with Gasteiger partial charge in [-0.3, -0.25) is 0 Å². The second kappa shape index (κ2) is 25.2. The molecule has 2 nitrogen and oxygen atoms in total. The number of halogens is 1. The van der Waals surface area contributed by atoms with Crippen LogP contribution >= 0.6 is 15.9 Å². The molecule has 18 aromatic carbocycles. The van der Waals surface area contributed by atoms with E-state index in [2.05, 4.69) is 347 Å². The second-order valence-corrected chi connectivity index (χ2v) is 29.2. The molecular formula is C98H69BBrO2. The van der Waals surface area contributed by atoms with E-state index in [4.69, 9.17) is 4.65 Å². The molecule has 4 heteroatoms. The van der Waals surface area contributed by atoms with E-state index in [-0.39, 0.29) is 10.8 Å². The minimum Gasteiger partial charge on any atom is -0.537 e. The summed E-state index contributed by atoms with van der Waals surface area (Å²) >= 11 is 3.60. The molecule has 102 heavy (non-hydrogen) atoms. The van der Waals surface area contributed by atoms with Crippen molar-refractivity contribution in [3.05, 3.63) is 366 Å². The van der Waals surface area contributed by atoms with Crippen LogP contribution < -0.4 is 4.65 Å². The van der Waals surface area contributed by atoms with Gasteiger partial charge in [-0.05, 0) is 218 Å². The van der Waals surface area contributed by atoms with Gasteiger partial charge in [-0.2, -0.15) is 0 Å². The van der Waals surface area contributed by atoms with Gasteiger partial charge in [0, 0.05) is 26.1 Å². The maximum Gasteiger partial charge on any atom is 0.569 e. The third-order valence-corrected chi connectivity index (χ3v) is 22.4. The fourth-order valence-corrected chi connectivity index (χ4v) is 17.3. The Morgan fingerprint density at radius 1 is 0.245 bits per heavy atom. The zero-order valence-corrected chi connectivity index (χ0v) is 58.7. The van der Waals surface area contributed by atoms with Crippen LogP contribution in [0.4, 0.5) is 0 Å². The van der Waals surface area contributed by atoms with E-state index in [9.17, 15) is 5.02 Å². The van der Waals surface area contributed by atoms with E-state index < -0.39 is 0 Å². The highest BCUT2D eigenvalue weighted by molar-refractivity contribution is 9.10.